The van der Waals surface area contributed by atoms with E-state index < -0.39 is 23.3 Å². The number of imide groups is 1. The molecule has 0 aromatic heterocycles. The highest BCUT2D eigenvalue weighted by molar-refractivity contribution is 6.25. The van der Waals surface area contributed by atoms with Crippen LogP contribution in [0.3, 0.4) is 0 Å². The number of fused-ring (bicyclic) bond motifs is 4. The van der Waals surface area contributed by atoms with E-state index in [2.05, 4.69) is 16.0 Å². The van der Waals surface area contributed by atoms with Crippen LogP contribution >= 0.6 is 0 Å². The van der Waals surface area contributed by atoms with Crippen LogP contribution in [0.4, 0.5) is 17.1 Å². The highest BCUT2D eigenvalue weighted by atomic mass is 16.2. The summed E-state index contributed by atoms with van der Waals surface area (Å²) in [5.41, 5.74) is 1.07. The summed E-state index contributed by atoms with van der Waals surface area (Å²) in [4.78, 5) is 52.3. The Labute approximate surface area is 172 Å². The van der Waals surface area contributed by atoms with Gasteiger partial charge in [0.05, 0.1) is 17.5 Å². The first kappa shape index (κ1) is 18.5. The van der Waals surface area contributed by atoms with Crippen LogP contribution in [0.1, 0.15) is 19.4 Å². The lowest BCUT2D eigenvalue weighted by Crippen LogP contribution is -2.53. The van der Waals surface area contributed by atoms with Gasteiger partial charge < -0.3 is 10.6 Å². The van der Waals surface area contributed by atoms with E-state index in [1.165, 1.54) is 11.8 Å². The highest BCUT2D eigenvalue weighted by Gasteiger charge is 2.69. The van der Waals surface area contributed by atoms with Crippen molar-refractivity contribution in [3.8, 4) is 0 Å². The molecule has 0 radical (unpaired) electrons. The minimum atomic E-state index is -1.27. The maximum atomic E-state index is 13.5. The van der Waals surface area contributed by atoms with Crippen molar-refractivity contribution in [1.82, 2.24) is 5.32 Å². The van der Waals surface area contributed by atoms with Crippen LogP contribution in [-0.2, 0) is 24.7 Å². The van der Waals surface area contributed by atoms with Crippen molar-refractivity contribution in [2.75, 3.05) is 15.5 Å². The third kappa shape index (κ3) is 2.31. The second-order valence-electron chi connectivity index (χ2n) is 7.98. The third-order valence-corrected chi connectivity index (χ3v) is 6.22. The van der Waals surface area contributed by atoms with Crippen LogP contribution in [0.5, 0.6) is 0 Å². The molecule has 0 bridgehead atoms. The molecule has 2 aromatic carbocycles. The molecule has 8 heteroatoms. The number of benzene rings is 2. The van der Waals surface area contributed by atoms with E-state index in [9.17, 15) is 19.2 Å². The van der Waals surface area contributed by atoms with Crippen LogP contribution in [-0.4, -0.2) is 29.7 Å². The molecule has 0 saturated carbocycles. The van der Waals surface area contributed by atoms with Gasteiger partial charge in [0.1, 0.15) is 5.54 Å². The number of anilines is 3. The molecule has 3 N–H and O–H groups in total. The van der Waals surface area contributed by atoms with Gasteiger partial charge in [0.2, 0.25) is 23.6 Å². The molecule has 4 amide bonds. The van der Waals surface area contributed by atoms with Gasteiger partial charge in [-0.3, -0.25) is 24.5 Å². The first-order chi connectivity index (χ1) is 14.3. The fourth-order valence-corrected chi connectivity index (χ4v) is 5.07. The zero-order valence-corrected chi connectivity index (χ0v) is 16.4. The lowest BCUT2D eigenvalue weighted by atomic mass is 9.76. The quantitative estimate of drug-likeness (QED) is 0.659. The van der Waals surface area contributed by atoms with Crippen molar-refractivity contribution in [2.45, 2.75) is 25.4 Å². The second-order valence-corrected chi connectivity index (χ2v) is 7.98. The van der Waals surface area contributed by atoms with E-state index in [4.69, 9.17) is 0 Å². The Kier molecular flexibility index (Phi) is 3.85. The topological polar surface area (TPSA) is 108 Å². The standard InChI is InChI=1S/C22H20N4O4/c1-11-17-18(22(25-11)15-5-3-4-6-16(15)24-21(22)30)20(29)26(19(17)28)14-9-7-13(8-10-14)23-12(2)27/h3-11,17-18,25H,1-2H3,(H,23,27)(H,24,30)/t11-,17-,18-,22-/m0/s1. The molecule has 5 rings (SSSR count). The van der Waals surface area contributed by atoms with Gasteiger partial charge in [0, 0.05) is 29.9 Å². The van der Waals surface area contributed by atoms with E-state index >= 15 is 0 Å². The Morgan fingerprint density at radius 3 is 2.43 bits per heavy atom. The van der Waals surface area contributed by atoms with Gasteiger partial charge in [-0.2, -0.15) is 0 Å². The number of para-hydroxylation sites is 1. The number of nitrogens with zero attached hydrogens (tertiary/aromatic N) is 1. The first-order valence-corrected chi connectivity index (χ1v) is 9.78. The molecule has 0 unspecified atom stereocenters. The van der Waals surface area contributed by atoms with Gasteiger partial charge in [-0.25, -0.2) is 4.90 Å². The molecule has 1 spiro atoms. The summed E-state index contributed by atoms with van der Waals surface area (Å²) in [5.74, 6) is -2.74. The zero-order valence-electron chi connectivity index (χ0n) is 16.4. The van der Waals surface area contributed by atoms with Gasteiger partial charge in [0.25, 0.3) is 0 Å². The van der Waals surface area contributed by atoms with Crippen LogP contribution in [0.15, 0.2) is 48.5 Å². The molecule has 3 aliphatic rings. The van der Waals surface area contributed by atoms with Crippen molar-refractivity contribution in [1.29, 1.82) is 0 Å². The first-order valence-electron chi connectivity index (χ1n) is 9.78. The van der Waals surface area contributed by atoms with Gasteiger partial charge in [-0.15, -0.1) is 0 Å². The summed E-state index contributed by atoms with van der Waals surface area (Å²) >= 11 is 0. The summed E-state index contributed by atoms with van der Waals surface area (Å²) < 4.78 is 0. The summed E-state index contributed by atoms with van der Waals surface area (Å²) in [6.45, 7) is 3.23. The summed E-state index contributed by atoms with van der Waals surface area (Å²) in [6, 6.07) is 13.4. The van der Waals surface area contributed by atoms with Crippen molar-refractivity contribution in [3.63, 3.8) is 0 Å². The van der Waals surface area contributed by atoms with Gasteiger partial charge in [0.15, 0.2) is 0 Å². The zero-order chi connectivity index (χ0) is 21.2. The normalized spacial score (nSPS) is 29.2. The van der Waals surface area contributed by atoms with Crippen LogP contribution in [0.2, 0.25) is 0 Å². The summed E-state index contributed by atoms with van der Waals surface area (Å²) in [5, 5.41) is 8.79. The maximum absolute atomic E-state index is 13.5. The minimum Gasteiger partial charge on any atom is -0.326 e. The van der Waals surface area contributed by atoms with Crippen molar-refractivity contribution < 1.29 is 19.2 Å². The SMILES string of the molecule is CC(=O)Nc1ccc(N2C(=O)[C@H]3[C@H](C)N[C@]4(C(=O)Nc5ccccc54)[C@@H]3C2=O)cc1. The Hall–Kier alpha value is -3.52. The molecule has 2 aromatic rings. The lowest BCUT2D eigenvalue weighted by molar-refractivity contribution is -0.130. The second kappa shape index (κ2) is 6.24. The smallest absolute Gasteiger partial charge is 0.250 e. The van der Waals surface area contributed by atoms with E-state index in [0.717, 1.165) is 0 Å². The number of amides is 4. The Bertz CT molecular complexity index is 1110. The van der Waals surface area contributed by atoms with E-state index in [1.54, 1.807) is 30.3 Å². The van der Waals surface area contributed by atoms with Crippen LogP contribution in [0, 0.1) is 11.8 Å². The Morgan fingerprint density at radius 2 is 1.73 bits per heavy atom. The summed E-state index contributed by atoms with van der Waals surface area (Å²) in [6.07, 6.45) is 0. The number of rotatable bonds is 2. The predicted octanol–water partition coefficient (Wildman–Crippen LogP) is 1.59. The third-order valence-electron chi connectivity index (χ3n) is 6.22. The maximum Gasteiger partial charge on any atom is 0.250 e. The predicted molar refractivity (Wildman–Crippen MR) is 110 cm³/mol. The van der Waals surface area contributed by atoms with Gasteiger partial charge in [-0.1, -0.05) is 18.2 Å². The van der Waals surface area contributed by atoms with E-state index in [-0.39, 0.29) is 23.8 Å². The molecule has 2 fully saturated rings. The van der Waals surface area contributed by atoms with Crippen LogP contribution in [0.25, 0.3) is 0 Å². The number of carbonyl (C=O) groups excluding carboxylic acids is 4. The van der Waals surface area contributed by atoms with Crippen LogP contribution < -0.4 is 20.9 Å². The number of hydrogen-bond acceptors (Lipinski definition) is 5. The van der Waals surface area contributed by atoms with E-state index in [1.807, 2.05) is 25.1 Å². The largest absolute Gasteiger partial charge is 0.326 e. The monoisotopic (exact) mass is 404 g/mol. The molecular weight excluding hydrogens is 384 g/mol. The molecule has 152 valence electrons. The number of nitrogens with one attached hydrogen (secondary N) is 3. The molecule has 2 saturated heterocycles. The molecule has 3 aliphatic heterocycles. The number of carbonyl (C=O) groups is 4. The average Bonchev–Trinajstić information content (AvgIpc) is 3.27. The number of hydrogen-bond donors (Lipinski definition) is 3. The lowest BCUT2D eigenvalue weighted by Gasteiger charge is -2.29. The molecule has 3 heterocycles. The Morgan fingerprint density at radius 1 is 1.03 bits per heavy atom. The molecular formula is C22H20N4O4. The highest BCUT2D eigenvalue weighted by Crippen LogP contribution is 2.53. The van der Waals surface area contributed by atoms with E-state index in [0.29, 0.717) is 22.6 Å². The molecule has 8 nitrogen and oxygen atoms in total. The summed E-state index contributed by atoms with van der Waals surface area (Å²) in [7, 11) is 0. The van der Waals surface area contributed by atoms with Gasteiger partial charge >= 0.3 is 0 Å². The fraction of sp³-hybridized carbons (Fsp3) is 0.273. The van der Waals surface area contributed by atoms with Crippen molar-refractivity contribution in [2.24, 2.45) is 11.8 Å². The fourth-order valence-electron chi connectivity index (χ4n) is 5.07. The Balaban J connectivity index is 1.56. The van der Waals surface area contributed by atoms with Crippen molar-refractivity contribution in [3.05, 3.63) is 54.1 Å². The average molecular weight is 404 g/mol. The minimum absolute atomic E-state index is 0.210. The molecule has 4 atom stereocenters. The molecule has 0 aliphatic carbocycles. The van der Waals surface area contributed by atoms with Gasteiger partial charge in [-0.05, 0) is 37.3 Å². The molecule has 30 heavy (non-hydrogen) atoms. The van der Waals surface area contributed by atoms with Crippen molar-refractivity contribution >= 4 is 40.7 Å².